The molecule has 1 saturated heterocycles. The molecule has 1 aliphatic heterocycles. The maximum absolute atomic E-state index is 12.8. The van der Waals surface area contributed by atoms with Crippen molar-refractivity contribution in [3.63, 3.8) is 0 Å². The van der Waals surface area contributed by atoms with Crippen LogP contribution in [-0.2, 0) is 14.5 Å². The predicted octanol–water partition coefficient (Wildman–Crippen LogP) is 3.69. The highest BCUT2D eigenvalue weighted by atomic mass is 32.2. The summed E-state index contributed by atoms with van der Waals surface area (Å²) in [6.07, 6.45) is 5.36. The number of morpholine rings is 1. The standard InChI is InChI=1S/C25H32N8O3S/c1-4-12-26-24(34)20-17-27-25(28-18-8-10-19(11-9-18)33-13-15-36-16-14-33)31-23(20)30-21-6-5-7-22(29-21)32-37(2,3)35/h5-11,17H,4,12-16H2,1-3H3,(H,26,34)(H2,27,28,29,30,31). The van der Waals surface area contributed by atoms with E-state index in [4.69, 9.17) is 4.74 Å². The summed E-state index contributed by atoms with van der Waals surface area (Å²) in [4.78, 5) is 28.4. The minimum atomic E-state index is -2.37. The summed E-state index contributed by atoms with van der Waals surface area (Å²) >= 11 is 0. The van der Waals surface area contributed by atoms with Crippen LogP contribution in [-0.4, -0.2) is 70.4 Å². The number of anilines is 5. The van der Waals surface area contributed by atoms with Gasteiger partial charge in [-0.15, -0.1) is 0 Å². The average Bonchev–Trinajstić information content (AvgIpc) is 2.88. The topological polar surface area (TPSA) is 134 Å². The molecule has 0 saturated carbocycles. The first-order valence-electron chi connectivity index (χ1n) is 12.1. The van der Waals surface area contributed by atoms with Gasteiger partial charge in [0.2, 0.25) is 5.95 Å². The third-order valence-electron chi connectivity index (χ3n) is 5.36. The summed E-state index contributed by atoms with van der Waals surface area (Å²) in [5.74, 6) is 1.05. The summed E-state index contributed by atoms with van der Waals surface area (Å²) in [7, 11) is -2.37. The molecule has 3 N–H and O–H groups in total. The number of amides is 1. The normalized spacial score (nSPS) is 13.6. The van der Waals surface area contributed by atoms with Crippen LogP contribution in [0.5, 0.6) is 0 Å². The van der Waals surface area contributed by atoms with E-state index >= 15 is 0 Å². The largest absolute Gasteiger partial charge is 0.378 e. The molecule has 0 aliphatic carbocycles. The zero-order valence-corrected chi connectivity index (χ0v) is 22.0. The third-order valence-corrected chi connectivity index (χ3v) is 5.99. The van der Waals surface area contributed by atoms with Crippen LogP contribution in [0, 0.1) is 0 Å². The predicted molar refractivity (Wildman–Crippen MR) is 147 cm³/mol. The van der Waals surface area contributed by atoms with E-state index in [9.17, 15) is 9.00 Å². The van der Waals surface area contributed by atoms with Crippen molar-refractivity contribution >= 4 is 50.4 Å². The van der Waals surface area contributed by atoms with Gasteiger partial charge in [0.25, 0.3) is 5.91 Å². The van der Waals surface area contributed by atoms with Gasteiger partial charge in [-0.1, -0.05) is 13.0 Å². The summed E-state index contributed by atoms with van der Waals surface area (Å²) in [5, 5.41) is 9.15. The molecule has 1 aromatic carbocycles. The Kier molecular flexibility index (Phi) is 8.51. The van der Waals surface area contributed by atoms with Crippen molar-refractivity contribution in [2.75, 3.05) is 60.9 Å². The molecule has 37 heavy (non-hydrogen) atoms. The Bertz CT molecular complexity index is 1340. The van der Waals surface area contributed by atoms with Crippen molar-refractivity contribution in [1.82, 2.24) is 20.3 Å². The second kappa shape index (κ2) is 12.0. The lowest BCUT2D eigenvalue weighted by molar-refractivity contribution is 0.0954. The quantitative estimate of drug-likeness (QED) is 0.383. The van der Waals surface area contributed by atoms with E-state index in [2.05, 4.69) is 40.2 Å². The third kappa shape index (κ3) is 7.61. The van der Waals surface area contributed by atoms with Gasteiger partial charge in [-0.25, -0.2) is 14.2 Å². The molecule has 0 atom stereocenters. The van der Waals surface area contributed by atoms with Crippen LogP contribution in [0.3, 0.4) is 0 Å². The van der Waals surface area contributed by atoms with E-state index in [0.29, 0.717) is 24.1 Å². The van der Waals surface area contributed by atoms with Gasteiger partial charge < -0.3 is 25.6 Å². The monoisotopic (exact) mass is 524 g/mol. The molecule has 2 aromatic heterocycles. The Morgan fingerprint density at radius 2 is 1.84 bits per heavy atom. The Morgan fingerprint density at radius 1 is 1.08 bits per heavy atom. The van der Waals surface area contributed by atoms with Crippen molar-refractivity contribution in [3.05, 3.63) is 54.2 Å². The Balaban J connectivity index is 1.58. The van der Waals surface area contributed by atoms with E-state index in [1.165, 1.54) is 6.20 Å². The van der Waals surface area contributed by atoms with Gasteiger partial charge in [-0.2, -0.15) is 9.35 Å². The van der Waals surface area contributed by atoms with Gasteiger partial charge in [0, 0.05) is 59.4 Å². The number of carbonyl (C=O) groups is 1. The van der Waals surface area contributed by atoms with Crippen LogP contribution >= 0.6 is 0 Å². The number of aromatic nitrogens is 3. The number of pyridine rings is 1. The highest BCUT2D eigenvalue weighted by molar-refractivity contribution is 7.92. The second-order valence-corrected chi connectivity index (χ2v) is 11.3. The molecule has 0 unspecified atom stereocenters. The SMILES string of the molecule is CCCNC(=O)c1cnc(Nc2ccc(N3CCOCC3)cc2)nc1Nc1cccc(N=S(C)(C)=O)n1. The smallest absolute Gasteiger partial charge is 0.256 e. The van der Waals surface area contributed by atoms with Gasteiger partial charge >= 0.3 is 0 Å². The minimum absolute atomic E-state index is 0.278. The van der Waals surface area contributed by atoms with Crippen molar-refractivity contribution in [2.24, 2.45) is 4.36 Å². The van der Waals surface area contributed by atoms with Crippen LogP contribution in [0.15, 0.2) is 53.0 Å². The van der Waals surface area contributed by atoms with Crippen molar-refractivity contribution in [2.45, 2.75) is 13.3 Å². The number of hydrogen-bond donors (Lipinski definition) is 3. The first-order chi connectivity index (χ1) is 17.8. The van der Waals surface area contributed by atoms with E-state index in [1.54, 1.807) is 30.7 Å². The van der Waals surface area contributed by atoms with Crippen LogP contribution < -0.4 is 20.9 Å². The van der Waals surface area contributed by atoms with Crippen LogP contribution in [0.25, 0.3) is 0 Å². The number of benzene rings is 1. The van der Waals surface area contributed by atoms with Crippen LogP contribution in [0.1, 0.15) is 23.7 Å². The lowest BCUT2D eigenvalue weighted by atomic mass is 10.2. The van der Waals surface area contributed by atoms with Crippen molar-refractivity contribution < 1.29 is 13.7 Å². The average molecular weight is 525 g/mol. The summed E-state index contributed by atoms with van der Waals surface area (Å²) in [6.45, 7) is 5.69. The summed E-state index contributed by atoms with van der Waals surface area (Å²) in [6, 6.07) is 13.1. The fourth-order valence-electron chi connectivity index (χ4n) is 3.63. The molecule has 12 heteroatoms. The molecule has 1 fully saturated rings. The Hall–Kier alpha value is -3.77. The maximum atomic E-state index is 12.8. The summed E-state index contributed by atoms with van der Waals surface area (Å²) < 4.78 is 21.7. The molecule has 0 radical (unpaired) electrons. The Morgan fingerprint density at radius 3 is 2.54 bits per heavy atom. The minimum Gasteiger partial charge on any atom is -0.378 e. The van der Waals surface area contributed by atoms with E-state index in [0.717, 1.165) is 44.1 Å². The van der Waals surface area contributed by atoms with Crippen LogP contribution in [0.2, 0.25) is 0 Å². The first kappa shape index (κ1) is 26.3. The van der Waals surface area contributed by atoms with E-state index < -0.39 is 9.73 Å². The number of nitrogens with zero attached hydrogens (tertiary/aromatic N) is 5. The highest BCUT2D eigenvalue weighted by Gasteiger charge is 2.16. The number of rotatable bonds is 9. The van der Waals surface area contributed by atoms with Gasteiger partial charge in [0.05, 0.1) is 13.2 Å². The van der Waals surface area contributed by atoms with Gasteiger partial charge in [-0.3, -0.25) is 4.79 Å². The van der Waals surface area contributed by atoms with Gasteiger partial charge in [0.15, 0.2) is 5.82 Å². The number of hydrogen-bond acceptors (Lipinski definition) is 10. The fraction of sp³-hybridized carbons (Fsp3) is 0.360. The van der Waals surface area contributed by atoms with Crippen LogP contribution in [0.4, 0.5) is 34.8 Å². The van der Waals surface area contributed by atoms with E-state index in [1.807, 2.05) is 31.2 Å². The molecule has 1 amide bonds. The number of nitrogens with one attached hydrogen (secondary N) is 3. The zero-order valence-electron chi connectivity index (χ0n) is 21.2. The molecular formula is C25H32N8O3S. The summed E-state index contributed by atoms with van der Waals surface area (Å²) in [5.41, 5.74) is 2.21. The molecule has 0 bridgehead atoms. The Labute approximate surface area is 217 Å². The lowest BCUT2D eigenvalue weighted by Crippen LogP contribution is -2.36. The second-order valence-electron chi connectivity index (χ2n) is 8.76. The van der Waals surface area contributed by atoms with Crippen molar-refractivity contribution in [1.29, 1.82) is 0 Å². The zero-order chi connectivity index (χ0) is 26.3. The fourth-order valence-corrected chi connectivity index (χ4v) is 4.19. The van der Waals surface area contributed by atoms with E-state index in [-0.39, 0.29) is 17.3 Å². The molecule has 3 heterocycles. The molecular weight excluding hydrogens is 492 g/mol. The number of carbonyl (C=O) groups excluding carboxylic acids is 1. The lowest BCUT2D eigenvalue weighted by Gasteiger charge is -2.28. The number of ether oxygens (including phenoxy) is 1. The molecule has 11 nitrogen and oxygen atoms in total. The highest BCUT2D eigenvalue weighted by Crippen LogP contribution is 2.24. The maximum Gasteiger partial charge on any atom is 0.256 e. The molecule has 196 valence electrons. The molecule has 0 spiro atoms. The van der Waals surface area contributed by atoms with Crippen molar-refractivity contribution in [3.8, 4) is 0 Å². The molecule has 1 aliphatic rings. The van der Waals surface area contributed by atoms with Gasteiger partial charge in [-0.05, 0) is 42.8 Å². The molecule has 4 rings (SSSR count). The first-order valence-corrected chi connectivity index (χ1v) is 14.4. The molecule has 3 aromatic rings. The van der Waals surface area contributed by atoms with Gasteiger partial charge in [0.1, 0.15) is 17.2 Å².